The number of aryl methyl sites for hydroxylation is 1. The lowest BCUT2D eigenvalue weighted by Gasteiger charge is -2.02. The van der Waals surface area contributed by atoms with Crippen LogP contribution in [0.1, 0.15) is 23.9 Å². The molecule has 5 heteroatoms. The van der Waals surface area contributed by atoms with Crippen molar-refractivity contribution < 1.29 is 0 Å². The Morgan fingerprint density at radius 2 is 1.88 bits per heavy atom. The van der Waals surface area contributed by atoms with Crippen LogP contribution in [0.4, 0.5) is 0 Å². The molecule has 0 aliphatic rings. The molecule has 0 atom stereocenters. The van der Waals surface area contributed by atoms with Gasteiger partial charge >= 0.3 is 0 Å². The number of nitrogens with zero attached hydrogens (tertiary/aromatic N) is 4. The third-order valence-corrected chi connectivity index (χ3v) is 3.00. The zero-order chi connectivity index (χ0) is 11.7. The summed E-state index contributed by atoms with van der Waals surface area (Å²) in [4.78, 5) is 8.48. The predicted octanol–water partition coefficient (Wildman–Crippen LogP) is 2.60. The average Bonchev–Trinajstić information content (AvgIpc) is 2.55. The van der Waals surface area contributed by atoms with Crippen LogP contribution in [0.3, 0.4) is 0 Å². The highest BCUT2D eigenvalue weighted by Gasteiger charge is 2.12. The molecule has 0 spiro atoms. The fourth-order valence-electron chi connectivity index (χ4n) is 1.80. The van der Waals surface area contributed by atoms with Crippen molar-refractivity contribution in [3.63, 3.8) is 0 Å². The Bertz CT molecular complexity index is 501. The summed E-state index contributed by atoms with van der Waals surface area (Å²) in [5, 5.41) is 4.46. The summed E-state index contributed by atoms with van der Waals surface area (Å²) in [6.07, 6.45) is 4.43. The third kappa shape index (κ3) is 1.87. The molecule has 0 fully saturated rings. The number of hydrogen-bond acceptors (Lipinski definition) is 3. The molecule has 0 saturated heterocycles. The van der Waals surface area contributed by atoms with Gasteiger partial charge in [-0.3, -0.25) is 0 Å². The smallest absolute Gasteiger partial charge is 0.218 e. The molecular weight excluding hydrogens is 268 g/mol. The summed E-state index contributed by atoms with van der Waals surface area (Å²) in [6.45, 7) is 6.19. The van der Waals surface area contributed by atoms with Crippen LogP contribution in [0, 0.1) is 13.8 Å². The van der Waals surface area contributed by atoms with E-state index in [1.807, 2.05) is 13.8 Å². The minimum absolute atomic E-state index is 0.614. The van der Waals surface area contributed by atoms with Crippen LogP contribution in [-0.4, -0.2) is 19.7 Å². The molecule has 0 N–H and O–H groups in total. The van der Waals surface area contributed by atoms with E-state index in [4.69, 9.17) is 0 Å². The Morgan fingerprint density at radius 3 is 2.38 bits per heavy atom. The molecule has 0 saturated carbocycles. The van der Waals surface area contributed by atoms with Gasteiger partial charge in [-0.25, -0.2) is 14.6 Å². The standard InChI is InChI=1S/C11H13BrN4/c1-4-10-7(2)15-16(8(10)3)11-13-5-9(12)6-14-11/h5-6H,4H2,1-3H3. The van der Waals surface area contributed by atoms with Gasteiger partial charge in [-0.1, -0.05) is 6.92 Å². The molecule has 84 valence electrons. The first-order chi connectivity index (χ1) is 7.63. The molecule has 2 rings (SSSR count). The normalized spacial score (nSPS) is 10.8. The lowest BCUT2D eigenvalue weighted by molar-refractivity contribution is 0.771. The van der Waals surface area contributed by atoms with Crippen LogP contribution < -0.4 is 0 Å². The lowest BCUT2D eigenvalue weighted by atomic mass is 10.1. The molecular formula is C11H13BrN4. The summed E-state index contributed by atoms with van der Waals surface area (Å²) >= 11 is 3.32. The quantitative estimate of drug-likeness (QED) is 0.849. The molecule has 0 aromatic carbocycles. The van der Waals surface area contributed by atoms with Crippen molar-refractivity contribution in [2.45, 2.75) is 27.2 Å². The van der Waals surface area contributed by atoms with Gasteiger partial charge in [0.1, 0.15) is 0 Å². The number of hydrogen-bond donors (Lipinski definition) is 0. The fraction of sp³-hybridized carbons (Fsp3) is 0.364. The summed E-state index contributed by atoms with van der Waals surface area (Å²) < 4.78 is 2.66. The van der Waals surface area contributed by atoms with Gasteiger partial charge in [0, 0.05) is 18.1 Å². The van der Waals surface area contributed by atoms with Crippen molar-refractivity contribution in [2.24, 2.45) is 0 Å². The summed E-state index contributed by atoms with van der Waals surface area (Å²) in [6, 6.07) is 0. The summed E-state index contributed by atoms with van der Waals surface area (Å²) in [5.41, 5.74) is 3.43. The van der Waals surface area contributed by atoms with E-state index in [0.717, 1.165) is 22.3 Å². The molecule has 0 unspecified atom stereocenters. The molecule has 2 aromatic rings. The summed E-state index contributed by atoms with van der Waals surface area (Å²) in [7, 11) is 0. The van der Waals surface area contributed by atoms with E-state index in [-0.39, 0.29) is 0 Å². The maximum absolute atomic E-state index is 4.46. The van der Waals surface area contributed by atoms with E-state index in [0.29, 0.717) is 5.95 Å². The van der Waals surface area contributed by atoms with Gasteiger partial charge in [0.2, 0.25) is 0 Å². The minimum Gasteiger partial charge on any atom is -0.218 e. The van der Waals surface area contributed by atoms with Gasteiger partial charge in [0.15, 0.2) is 0 Å². The highest BCUT2D eigenvalue weighted by molar-refractivity contribution is 9.10. The zero-order valence-corrected chi connectivity index (χ0v) is 11.1. The van der Waals surface area contributed by atoms with E-state index in [9.17, 15) is 0 Å². The summed E-state index contributed by atoms with van der Waals surface area (Å²) in [5.74, 6) is 0.614. The molecule has 0 radical (unpaired) electrons. The number of aromatic nitrogens is 4. The van der Waals surface area contributed by atoms with E-state index < -0.39 is 0 Å². The predicted molar refractivity (Wildman–Crippen MR) is 65.7 cm³/mol. The Hall–Kier alpha value is -1.23. The largest absolute Gasteiger partial charge is 0.250 e. The van der Waals surface area contributed by atoms with Crippen molar-refractivity contribution in [1.29, 1.82) is 0 Å². The molecule has 0 aliphatic heterocycles. The van der Waals surface area contributed by atoms with Crippen LogP contribution in [0.25, 0.3) is 5.95 Å². The van der Waals surface area contributed by atoms with Crippen molar-refractivity contribution >= 4 is 15.9 Å². The van der Waals surface area contributed by atoms with Crippen molar-refractivity contribution in [2.75, 3.05) is 0 Å². The second kappa shape index (κ2) is 4.33. The van der Waals surface area contributed by atoms with Gasteiger partial charge in [0.05, 0.1) is 10.2 Å². The highest BCUT2D eigenvalue weighted by atomic mass is 79.9. The first kappa shape index (κ1) is 11.3. The molecule has 2 aromatic heterocycles. The van der Waals surface area contributed by atoms with Crippen molar-refractivity contribution in [1.82, 2.24) is 19.7 Å². The SMILES string of the molecule is CCc1c(C)nn(-c2ncc(Br)cn2)c1C. The molecule has 16 heavy (non-hydrogen) atoms. The zero-order valence-electron chi connectivity index (χ0n) is 9.53. The maximum atomic E-state index is 4.46. The van der Waals surface area contributed by atoms with Crippen molar-refractivity contribution in [3.8, 4) is 5.95 Å². The third-order valence-electron chi connectivity index (χ3n) is 2.59. The second-order valence-electron chi connectivity index (χ2n) is 3.62. The Morgan fingerprint density at radius 1 is 1.25 bits per heavy atom. The fourth-order valence-corrected chi connectivity index (χ4v) is 2.00. The van der Waals surface area contributed by atoms with Crippen molar-refractivity contribution in [3.05, 3.63) is 33.8 Å². The topological polar surface area (TPSA) is 43.6 Å². The average molecular weight is 281 g/mol. The van der Waals surface area contributed by atoms with E-state index in [1.165, 1.54) is 5.56 Å². The van der Waals surface area contributed by atoms with Crippen LogP contribution in [0.15, 0.2) is 16.9 Å². The van der Waals surface area contributed by atoms with Crippen LogP contribution in [0.2, 0.25) is 0 Å². The van der Waals surface area contributed by atoms with Gasteiger partial charge in [-0.15, -0.1) is 0 Å². The first-order valence-electron chi connectivity index (χ1n) is 5.16. The number of halogens is 1. The van der Waals surface area contributed by atoms with Crippen LogP contribution >= 0.6 is 15.9 Å². The second-order valence-corrected chi connectivity index (χ2v) is 4.53. The Labute approximate surface area is 103 Å². The first-order valence-corrected chi connectivity index (χ1v) is 5.95. The van der Waals surface area contributed by atoms with Gasteiger partial charge < -0.3 is 0 Å². The Kier molecular flexibility index (Phi) is 3.05. The molecule has 4 nitrogen and oxygen atoms in total. The van der Waals surface area contributed by atoms with Gasteiger partial charge in [0.25, 0.3) is 5.95 Å². The Balaban J connectivity index is 2.52. The molecule has 0 aliphatic carbocycles. The van der Waals surface area contributed by atoms with Crippen LogP contribution in [-0.2, 0) is 6.42 Å². The molecule has 2 heterocycles. The van der Waals surface area contributed by atoms with Gasteiger partial charge in [-0.05, 0) is 41.8 Å². The minimum atomic E-state index is 0.614. The van der Waals surface area contributed by atoms with Crippen LogP contribution in [0.5, 0.6) is 0 Å². The molecule has 0 amide bonds. The molecule has 0 bridgehead atoms. The highest BCUT2D eigenvalue weighted by Crippen LogP contribution is 2.16. The van der Waals surface area contributed by atoms with Gasteiger partial charge in [-0.2, -0.15) is 5.10 Å². The van der Waals surface area contributed by atoms with E-state index >= 15 is 0 Å². The monoisotopic (exact) mass is 280 g/mol. The van der Waals surface area contributed by atoms with E-state index in [1.54, 1.807) is 17.1 Å². The number of rotatable bonds is 2. The lowest BCUT2D eigenvalue weighted by Crippen LogP contribution is -2.04. The maximum Gasteiger partial charge on any atom is 0.250 e. The van der Waals surface area contributed by atoms with E-state index in [2.05, 4.69) is 37.9 Å².